The van der Waals surface area contributed by atoms with Gasteiger partial charge in [0.1, 0.15) is 0 Å². The maximum Gasteiger partial charge on any atom is 0.0949 e. The van der Waals surface area contributed by atoms with Crippen molar-refractivity contribution in [3.8, 4) is 0 Å². The summed E-state index contributed by atoms with van der Waals surface area (Å²) in [6.07, 6.45) is 0. The summed E-state index contributed by atoms with van der Waals surface area (Å²) in [7, 11) is 1.53. The molecule has 0 saturated carbocycles. The van der Waals surface area contributed by atoms with Crippen LogP contribution in [-0.2, 0) is 9.78 Å². The Labute approximate surface area is 109 Å². The number of hydrogen-bond donors (Lipinski definition) is 0. The first-order valence-corrected chi connectivity index (χ1v) is 3.94. The Bertz CT molecular complexity index is 99.4. The molecule has 1 rings (SSSR count). The van der Waals surface area contributed by atoms with E-state index in [0.29, 0.717) is 6.61 Å². The van der Waals surface area contributed by atoms with Gasteiger partial charge >= 0.3 is 0 Å². The molecule has 0 aromatic heterocycles. The van der Waals surface area contributed by atoms with E-state index in [9.17, 15) is 0 Å². The Morgan fingerprint density at radius 2 is 2.00 bits per heavy atom. The summed E-state index contributed by atoms with van der Waals surface area (Å²) in [6.45, 7) is 5.65. The SMILES string of the molecule is COOCCN1CC[N-]CC1.[Ac]. The summed E-state index contributed by atoms with van der Waals surface area (Å²) in [5, 5.41) is 4.24. The molecule has 12 heavy (non-hydrogen) atoms. The Balaban J connectivity index is 0.00000121. The fourth-order valence-electron chi connectivity index (χ4n) is 1.12. The number of rotatable bonds is 4. The van der Waals surface area contributed by atoms with Crippen LogP contribution in [0.3, 0.4) is 0 Å². The van der Waals surface area contributed by atoms with Crippen molar-refractivity contribution in [2.24, 2.45) is 0 Å². The predicted molar refractivity (Wildman–Crippen MR) is 42.5 cm³/mol. The zero-order valence-corrected chi connectivity index (χ0v) is 12.3. The van der Waals surface area contributed by atoms with Gasteiger partial charge in [-0.25, -0.2) is 9.78 Å². The summed E-state index contributed by atoms with van der Waals surface area (Å²) in [5.41, 5.74) is 0. The van der Waals surface area contributed by atoms with Crippen LogP contribution >= 0.6 is 0 Å². The van der Waals surface area contributed by atoms with Crippen LogP contribution in [0.15, 0.2) is 0 Å². The third kappa shape index (κ3) is 5.85. The Morgan fingerprint density at radius 3 is 2.58 bits per heavy atom. The average Bonchev–Trinajstić information content (AvgIpc) is 2.07. The van der Waals surface area contributed by atoms with E-state index in [4.69, 9.17) is 4.89 Å². The Morgan fingerprint density at radius 1 is 1.33 bits per heavy atom. The Kier molecular flexibility index (Phi) is 9.81. The zero-order valence-electron chi connectivity index (χ0n) is 7.53. The van der Waals surface area contributed by atoms with Gasteiger partial charge in [0.25, 0.3) is 0 Å². The van der Waals surface area contributed by atoms with E-state index in [1.807, 2.05) is 0 Å². The number of piperazine rings is 1. The molecular formula is C7H15AcN2O2-. The first kappa shape index (κ1) is 13.3. The van der Waals surface area contributed by atoms with Gasteiger partial charge < -0.3 is 10.2 Å². The van der Waals surface area contributed by atoms with E-state index in [0.717, 1.165) is 32.7 Å². The molecule has 1 fully saturated rings. The fraction of sp³-hybridized carbons (Fsp3) is 1.00. The van der Waals surface area contributed by atoms with Gasteiger partial charge in [-0.1, -0.05) is 0 Å². The molecule has 0 N–H and O–H groups in total. The quantitative estimate of drug-likeness (QED) is 0.395. The molecule has 5 heteroatoms. The maximum absolute atomic E-state index is 4.76. The molecule has 1 aliphatic rings. The standard InChI is InChI=1S/C7H15N2O2.Ac/c1-10-11-7-6-9-4-2-8-3-5-9;/h2-7H2,1H3;/q-1;. The predicted octanol–water partition coefficient (Wildman–Crippen LogP) is 0.254. The minimum atomic E-state index is 0. The second kappa shape index (κ2) is 8.86. The van der Waals surface area contributed by atoms with Crippen LogP contribution in [0.25, 0.3) is 5.32 Å². The topological polar surface area (TPSA) is 35.8 Å². The normalized spacial score (nSPS) is 18.8. The molecule has 1 saturated heterocycles. The van der Waals surface area contributed by atoms with E-state index in [-0.39, 0.29) is 44.1 Å². The molecule has 0 aliphatic carbocycles. The van der Waals surface area contributed by atoms with Crippen molar-refractivity contribution in [1.82, 2.24) is 4.90 Å². The largest absolute Gasteiger partial charge is 0.660 e. The second-order valence-corrected chi connectivity index (χ2v) is 2.50. The zero-order chi connectivity index (χ0) is 7.94. The van der Waals surface area contributed by atoms with Gasteiger partial charge in [0.05, 0.1) is 13.7 Å². The molecule has 0 amide bonds. The number of hydrogen-bond acceptors (Lipinski definition) is 3. The molecule has 1 aliphatic heterocycles. The third-order valence-electron chi connectivity index (χ3n) is 1.76. The van der Waals surface area contributed by atoms with Crippen molar-refractivity contribution in [2.75, 3.05) is 46.4 Å². The molecule has 4 nitrogen and oxygen atoms in total. The average molecular weight is 386 g/mol. The van der Waals surface area contributed by atoms with Crippen molar-refractivity contribution in [3.05, 3.63) is 5.32 Å². The van der Waals surface area contributed by atoms with Gasteiger partial charge in [-0.2, -0.15) is 0 Å². The monoisotopic (exact) mass is 386 g/mol. The van der Waals surface area contributed by atoms with Gasteiger partial charge in [-0.05, 0) is 13.1 Å². The van der Waals surface area contributed by atoms with Crippen LogP contribution in [0, 0.1) is 44.1 Å². The minimum absolute atomic E-state index is 0. The van der Waals surface area contributed by atoms with Crippen LogP contribution in [-0.4, -0.2) is 51.3 Å². The second-order valence-electron chi connectivity index (χ2n) is 2.50. The smallest absolute Gasteiger partial charge is 0.0949 e. The van der Waals surface area contributed by atoms with E-state index >= 15 is 0 Å². The van der Waals surface area contributed by atoms with Gasteiger partial charge in [0.2, 0.25) is 0 Å². The van der Waals surface area contributed by atoms with Crippen molar-refractivity contribution in [3.63, 3.8) is 0 Å². The first-order valence-electron chi connectivity index (χ1n) is 3.94. The van der Waals surface area contributed by atoms with Crippen LogP contribution in [0.2, 0.25) is 0 Å². The fourth-order valence-corrected chi connectivity index (χ4v) is 1.12. The van der Waals surface area contributed by atoms with Gasteiger partial charge in [-0.15, -0.1) is 13.1 Å². The molecule has 0 spiro atoms. The molecule has 69 valence electrons. The minimum Gasteiger partial charge on any atom is -0.660 e. The Hall–Kier alpha value is 1.28. The third-order valence-corrected chi connectivity index (χ3v) is 1.76. The summed E-state index contributed by atoms with van der Waals surface area (Å²) in [5.74, 6) is 0. The van der Waals surface area contributed by atoms with Crippen LogP contribution < -0.4 is 0 Å². The summed E-state index contributed by atoms with van der Waals surface area (Å²) in [6, 6.07) is 0. The summed E-state index contributed by atoms with van der Waals surface area (Å²) < 4.78 is 0. The first-order chi connectivity index (χ1) is 5.43. The number of nitrogens with zero attached hydrogens (tertiary/aromatic N) is 2. The molecule has 1 heterocycles. The van der Waals surface area contributed by atoms with Crippen molar-refractivity contribution < 1.29 is 53.8 Å². The van der Waals surface area contributed by atoms with Gasteiger partial charge in [-0.3, -0.25) is 0 Å². The van der Waals surface area contributed by atoms with Gasteiger partial charge in [0, 0.05) is 50.6 Å². The van der Waals surface area contributed by atoms with E-state index in [1.165, 1.54) is 7.11 Å². The molecule has 1 radical (unpaired) electrons. The van der Waals surface area contributed by atoms with Crippen LogP contribution in [0.5, 0.6) is 0 Å². The van der Waals surface area contributed by atoms with Crippen LogP contribution in [0.4, 0.5) is 0 Å². The van der Waals surface area contributed by atoms with E-state index in [2.05, 4.69) is 15.1 Å². The van der Waals surface area contributed by atoms with E-state index in [1.54, 1.807) is 0 Å². The molecule has 0 aromatic rings. The van der Waals surface area contributed by atoms with Crippen molar-refractivity contribution in [1.29, 1.82) is 0 Å². The molecular weight excluding hydrogens is 371 g/mol. The van der Waals surface area contributed by atoms with Crippen LogP contribution in [0.1, 0.15) is 0 Å². The molecule has 0 aromatic carbocycles. The van der Waals surface area contributed by atoms with Gasteiger partial charge in [0.15, 0.2) is 0 Å². The van der Waals surface area contributed by atoms with Crippen molar-refractivity contribution >= 4 is 0 Å². The van der Waals surface area contributed by atoms with Crippen molar-refractivity contribution in [2.45, 2.75) is 0 Å². The maximum atomic E-state index is 4.76. The molecule has 0 atom stereocenters. The van der Waals surface area contributed by atoms with E-state index < -0.39 is 0 Å². The summed E-state index contributed by atoms with van der Waals surface area (Å²) >= 11 is 0. The summed E-state index contributed by atoms with van der Waals surface area (Å²) in [4.78, 5) is 11.6. The molecule has 0 unspecified atom stereocenters. The molecule has 0 bridgehead atoms.